The number of ketones is 2. The van der Waals surface area contributed by atoms with Crippen LogP contribution in [0.3, 0.4) is 0 Å². The summed E-state index contributed by atoms with van der Waals surface area (Å²) in [6.45, 7) is -0.0275. The Hall–Kier alpha value is -5.30. The molecule has 5 aromatic carbocycles. The van der Waals surface area contributed by atoms with Crippen LogP contribution in [0.2, 0.25) is 5.32 Å². The number of ether oxygens (including phenoxy) is 2. The summed E-state index contributed by atoms with van der Waals surface area (Å²) in [7, 11) is 0. The summed E-state index contributed by atoms with van der Waals surface area (Å²) >= 11 is 0.137. The molecule has 0 saturated carbocycles. The van der Waals surface area contributed by atoms with Crippen molar-refractivity contribution < 1.29 is 28.0 Å². The third-order valence-corrected chi connectivity index (χ3v) is 10.2. The molecule has 1 atom stereocenters. The number of carbonyl (C=O) groups excluding carboxylic acids is 2. The van der Waals surface area contributed by atoms with E-state index in [9.17, 15) is 14.0 Å². The first-order valence-electron chi connectivity index (χ1n) is 15.1. The van der Waals surface area contributed by atoms with Gasteiger partial charge in [-0.25, -0.2) is 4.39 Å². The van der Waals surface area contributed by atoms with Crippen LogP contribution in [0, 0.1) is 5.82 Å². The number of fused-ring (bicyclic) bond motifs is 1. The van der Waals surface area contributed by atoms with Gasteiger partial charge in [0, 0.05) is 0 Å². The zero-order valence-corrected chi connectivity index (χ0v) is 26.8. The molecule has 2 heterocycles. The van der Waals surface area contributed by atoms with E-state index in [0.717, 1.165) is 5.32 Å². The molecule has 232 valence electrons. The first-order valence-corrected chi connectivity index (χ1v) is 17.2. The second-order valence-electron chi connectivity index (χ2n) is 11.0. The number of rotatable bonds is 11. The van der Waals surface area contributed by atoms with Gasteiger partial charge in [0.1, 0.15) is 5.82 Å². The van der Waals surface area contributed by atoms with Crippen LogP contribution in [0.15, 0.2) is 132 Å². The normalized spacial score (nSPS) is 13.5. The molecule has 0 saturated heterocycles. The Balaban J connectivity index is 1.27. The van der Waals surface area contributed by atoms with E-state index < -0.39 is 0 Å². The fourth-order valence-electron chi connectivity index (χ4n) is 5.53. The molecule has 1 aliphatic heterocycles. The first kappa shape index (κ1) is 30.4. The van der Waals surface area contributed by atoms with Gasteiger partial charge in [-0.05, 0) is 12.1 Å². The van der Waals surface area contributed by atoms with Crippen LogP contribution in [-0.2, 0) is 13.0 Å². The molecule has 0 bridgehead atoms. The van der Waals surface area contributed by atoms with Gasteiger partial charge >= 0.3 is 256 Å². The number of nitrogens with zero attached hydrogens (tertiary/aromatic N) is 1. The van der Waals surface area contributed by atoms with Crippen LogP contribution in [-0.4, -0.2) is 37.8 Å². The molecule has 0 spiro atoms. The van der Waals surface area contributed by atoms with Gasteiger partial charge in [0.2, 0.25) is 0 Å². The molecular formula is C39H28FNO5Se. The minimum absolute atomic E-state index is 0.0275. The Morgan fingerprint density at radius 3 is 2.06 bits per heavy atom. The van der Waals surface area contributed by atoms with E-state index in [-0.39, 0.29) is 50.6 Å². The van der Waals surface area contributed by atoms with Crippen molar-refractivity contribution in [3.05, 3.63) is 167 Å². The predicted molar refractivity (Wildman–Crippen MR) is 177 cm³/mol. The first-order chi connectivity index (χ1) is 23.0. The van der Waals surface area contributed by atoms with E-state index in [1.165, 1.54) is 16.6 Å². The Kier molecular flexibility index (Phi) is 8.78. The summed E-state index contributed by atoms with van der Waals surface area (Å²) in [5, 5.41) is 4.90. The summed E-state index contributed by atoms with van der Waals surface area (Å²) in [5.74, 6) is 0.370. The third-order valence-electron chi connectivity index (χ3n) is 7.84. The number of benzene rings is 5. The predicted octanol–water partition coefficient (Wildman–Crippen LogP) is 7.27. The van der Waals surface area contributed by atoms with Gasteiger partial charge < -0.3 is 0 Å². The fraction of sp³-hybridized carbons (Fsp3) is 0.103. The molecule has 0 fully saturated rings. The second-order valence-corrected chi connectivity index (χ2v) is 13.3. The molecule has 1 aromatic heterocycles. The zero-order chi connectivity index (χ0) is 32.2. The van der Waals surface area contributed by atoms with Crippen molar-refractivity contribution in [1.29, 1.82) is 0 Å². The van der Waals surface area contributed by atoms with Crippen LogP contribution in [0.5, 0.6) is 11.5 Å². The average molecular weight is 689 g/mol. The summed E-state index contributed by atoms with van der Waals surface area (Å²) in [6, 6.07) is 37.5. The standard InChI is InChI=1S/C39H28FNO5Se/c40-28-18-16-25(17-19-28)35-21-29(46-41-35)23-44-38-32(36(42)26-10-4-1-5-11-26)22-33(37(43)27-12-6-2-7-13-27)39-34(38)20-30(45-39)24-47-31-14-8-3-9-15-31/h1-19,21-22,30H,20,23-24H2. The van der Waals surface area contributed by atoms with Crippen molar-refractivity contribution in [2.45, 2.75) is 24.5 Å². The van der Waals surface area contributed by atoms with E-state index in [1.54, 1.807) is 60.7 Å². The van der Waals surface area contributed by atoms with E-state index in [2.05, 4.69) is 17.3 Å². The molecule has 8 heteroatoms. The average Bonchev–Trinajstić information content (AvgIpc) is 3.78. The molecule has 7 rings (SSSR count). The maximum absolute atomic E-state index is 14.1. The van der Waals surface area contributed by atoms with Gasteiger partial charge in [-0.2, -0.15) is 0 Å². The summed E-state index contributed by atoms with van der Waals surface area (Å²) in [6.07, 6.45) is 0.272. The summed E-state index contributed by atoms with van der Waals surface area (Å²) < 4.78 is 33.3. The second kappa shape index (κ2) is 13.6. The minimum atomic E-state index is -0.343. The molecule has 0 amide bonds. The summed E-state index contributed by atoms with van der Waals surface area (Å²) in [4.78, 5) is 28.1. The molecule has 6 nitrogen and oxygen atoms in total. The van der Waals surface area contributed by atoms with Gasteiger partial charge in [-0.1, -0.05) is 0 Å². The van der Waals surface area contributed by atoms with Gasteiger partial charge in [0.05, 0.1) is 0 Å². The topological polar surface area (TPSA) is 78.6 Å². The van der Waals surface area contributed by atoms with Crippen LogP contribution >= 0.6 is 0 Å². The number of halogens is 1. The van der Waals surface area contributed by atoms with Gasteiger partial charge in [0.15, 0.2) is 0 Å². The summed E-state index contributed by atoms with van der Waals surface area (Å²) in [5.41, 5.74) is 3.47. The Bertz CT molecular complexity index is 2030. The third kappa shape index (κ3) is 6.66. The van der Waals surface area contributed by atoms with Crippen LogP contribution in [0.4, 0.5) is 4.39 Å². The molecule has 0 radical (unpaired) electrons. The Labute approximate surface area is 277 Å². The molecular weight excluding hydrogens is 660 g/mol. The molecule has 1 aliphatic rings. The van der Waals surface area contributed by atoms with Crippen molar-refractivity contribution in [2.24, 2.45) is 0 Å². The number of aromatic nitrogens is 1. The van der Waals surface area contributed by atoms with Gasteiger partial charge in [0.25, 0.3) is 0 Å². The maximum atomic E-state index is 14.1. The molecule has 6 aromatic rings. The van der Waals surface area contributed by atoms with Crippen LogP contribution < -0.4 is 13.9 Å². The Morgan fingerprint density at radius 1 is 0.787 bits per heavy atom. The van der Waals surface area contributed by atoms with Crippen molar-refractivity contribution in [1.82, 2.24) is 5.16 Å². The van der Waals surface area contributed by atoms with Gasteiger partial charge in [-0.3, -0.25) is 0 Å². The number of hydrogen-bond acceptors (Lipinski definition) is 6. The van der Waals surface area contributed by atoms with Crippen LogP contribution in [0.25, 0.3) is 11.3 Å². The van der Waals surface area contributed by atoms with Gasteiger partial charge in [-0.15, -0.1) is 0 Å². The van der Waals surface area contributed by atoms with Crippen molar-refractivity contribution in [3.63, 3.8) is 0 Å². The zero-order valence-electron chi connectivity index (χ0n) is 25.1. The molecule has 1 unspecified atom stereocenters. The monoisotopic (exact) mass is 689 g/mol. The quantitative estimate of drug-likeness (QED) is 0.105. The van der Waals surface area contributed by atoms with E-state index in [0.29, 0.717) is 57.2 Å². The molecule has 0 N–H and O–H groups in total. The van der Waals surface area contributed by atoms with E-state index in [4.69, 9.17) is 14.0 Å². The fourth-order valence-corrected chi connectivity index (χ4v) is 7.45. The van der Waals surface area contributed by atoms with Crippen molar-refractivity contribution >= 4 is 31.0 Å². The van der Waals surface area contributed by atoms with Crippen LogP contribution in [0.1, 0.15) is 43.2 Å². The van der Waals surface area contributed by atoms with E-state index >= 15 is 0 Å². The number of carbonyl (C=O) groups is 2. The van der Waals surface area contributed by atoms with E-state index in [1.807, 2.05) is 42.5 Å². The number of hydrogen-bond donors (Lipinski definition) is 0. The Morgan fingerprint density at radius 2 is 1.40 bits per heavy atom. The van der Waals surface area contributed by atoms with Crippen molar-refractivity contribution in [2.75, 3.05) is 0 Å². The SMILES string of the molecule is O=C(c1ccccc1)c1cc(C(=O)c2ccccc2)c2c(c1OCc1cc(-c3ccc(F)cc3)no1)CC(C[Se]c1ccccc1)O2. The molecule has 0 aliphatic carbocycles. The van der Waals surface area contributed by atoms with Crippen molar-refractivity contribution in [3.8, 4) is 22.8 Å². The molecule has 47 heavy (non-hydrogen) atoms.